The second-order valence-electron chi connectivity index (χ2n) is 5.50. The molecular weight excluding hydrogens is 240 g/mol. The van der Waals surface area contributed by atoms with Crippen LogP contribution in [0.5, 0.6) is 0 Å². The van der Waals surface area contributed by atoms with Gasteiger partial charge in [0.05, 0.1) is 5.69 Å². The second kappa shape index (κ2) is 5.74. The lowest BCUT2D eigenvalue weighted by Gasteiger charge is -2.37. The maximum atomic E-state index is 12.7. The molecule has 0 bridgehead atoms. The highest BCUT2D eigenvalue weighted by atomic mass is 16.2. The van der Waals surface area contributed by atoms with Gasteiger partial charge in [-0.15, -0.1) is 0 Å². The third-order valence-corrected chi connectivity index (χ3v) is 3.93. The number of carbonyl (C=O) groups is 1. The number of amides is 1. The van der Waals surface area contributed by atoms with Crippen LogP contribution >= 0.6 is 0 Å². The molecule has 2 N–H and O–H groups in total. The minimum atomic E-state index is 0.0739. The van der Waals surface area contributed by atoms with Crippen LogP contribution in [0.25, 0.3) is 0 Å². The number of carbonyl (C=O) groups excluding carboxylic acids is 1. The molecule has 1 amide bonds. The summed E-state index contributed by atoms with van der Waals surface area (Å²) in [5.74, 6) is 0.722. The molecule has 1 aliphatic heterocycles. The van der Waals surface area contributed by atoms with E-state index in [9.17, 15) is 4.79 Å². The summed E-state index contributed by atoms with van der Waals surface area (Å²) in [6.07, 6.45) is 2.06. The third-order valence-electron chi connectivity index (χ3n) is 3.93. The highest BCUT2D eigenvalue weighted by molar-refractivity contribution is 5.93. The zero-order valence-corrected chi connectivity index (χ0v) is 12.1. The summed E-state index contributed by atoms with van der Waals surface area (Å²) < 4.78 is 1.78. The molecule has 2 unspecified atom stereocenters. The molecule has 0 spiro atoms. The van der Waals surface area contributed by atoms with Crippen molar-refractivity contribution in [1.29, 1.82) is 0 Å². The first-order valence-corrected chi connectivity index (χ1v) is 7.12. The van der Waals surface area contributed by atoms with Crippen LogP contribution in [0.2, 0.25) is 0 Å². The number of hydrogen-bond donors (Lipinski definition) is 1. The van der Waals surface area contributed by atoms with Crippen molar-refractivity contribution in [1.82, 2.24) is 14.7 Å². The van der Waals surface area contributed by atoms with E-state index in [0.29, 0.717) is 24.7 Å². The first-order valence-electron chi connectivity index (χ1n) is 7.12. The average molecular weight is 264 g/mol. The molecule has 1 aromatic rings. The maximum Gasteiger partial charge on any atom is 0.272 e. The van der Waals surface area contributed by atoms with E-state index >= 15 is 0 Å². The molecule has 1 aromatic heterocycles. The van der Waals surface area contributed by atoms with Crippen LogP contribution in [0.15, 0.2) is 6.07 Å². The molecule has 106 valence electrons. The molecule has 5 nitrogen and oxygen atoms in total. The van der Waals surface area contributed by atoms with Gasteiger partial charge in [0, 0.05) is 25.7 Å². The zero-order valence-electron chi connectivity index (χ0n) is 12.1. The first kappa shape index (κ1) is 14.1. The standard InChI is InChI=1S/C14H24N4O/c1-4-18-13(8-11(3)16-18)14(19)17-6-5-10(2)7-12(17)9-15/h8,10,12H,4-7,9,15H2,1-3H3. The van der Waals surface area contributed by atoms with Crippen molar-refractivity contribution in [3.63, 3.8) is 0 Å². The Balaban J connectivity index is 2.22. The average Bonchev–Trinajstić information content (AvgIpc) is 2.79. The number of aromatic nitrogens is 2. The van der Waals surface area contributed by atoms with E-state index in [4.69, 9.17) is 5.73 Å². The fourth-order valence-electron chi connectivity index (χ4n) is 2.85. The number of aryl methyl sites for hydroxylation is 2. The quantitative estimate of drug-likeness (QED) is 0.897. The van der Waals surface area contributed by atoms with Crippen molar-refractivity contribution in [2.24, 2.45) is 11.7 Å². The fourth-order valence-corrected chi connectivity index (χ4v) is 2.85. The van der Waals surface area contributed by atoms with Crippen molar-refractivity contribution in [3.05, 3.63) is 17.5 Å². The van der Waals surface area contributed by atoms with Gasteiger partial charge < -0.3 is 10.6 Å². The summed E-state index contributed by atoms with van der Waals surface area (Å²) >= 11 is 0. The molecule has 0 radical (unpaired) electrons. The summed E-state index contributed by atoms with van der Waals surface area (Å²) in [6, 6.07) is 2.04. The topological polar surface area (TPSA) is 64.2 Å². The predicted octanol–water partition coefficient (Wildman–Crippen LogP) is 1.41. The number of hydrogen-bond acceptors (Lipinski definition) is 3. The molecule has 1 aliphatic rings. The number of likely N-dealkylation sites (tertiary alicyclic amines) is 1. The molecule has 5 heteroatoms. The lowest BCUT2D eigenvalue weighted by Crippen LogP contribution is -2.49. The van der Waals surface area contributed by atoms with Crippen molar-refractivity contribution in [3.8, 4) is 0 Å². The molecule has 2 rings (SSSR count). The van der Waals surface area contributed by atoms with Gasteiger partial charge in [-0.1, -0.05) is 6.92 Å². The van der Waals surface area contributed by atoms with Crippen LogP contribution in [-0.4, -0.2) is 39.7 Å². The van der Waals surface area contributed by atoms with Gasteiger partial charge in [-0.25, -0.2) is 0 Å². The van der Waals surface area contributed by atoms with Gasteiger partial charge in [0.2, 0.25) is 0 Å². The summed E-state index contributed by atoms with van der Waals surface area (Å²) in [5.41, 5.74) is 7.41. The summed E-state index contributed by atoms with van der Waals surface area (Å²) in [5, 5.41) is 4.35. The molecule has 0 aliphatic carbocycles. The van der Waals surface area contributed by atoms with E-state index in [1.807, 2.05) is 24.8 Å². The van der Waals surface area contributed by atoms with E-state index in [1.165, 1.54) is 0 Å². The van der Waals surface area contributed by atoms with Gasteiger partial charge in [-0.3, -0.25) is 9.48 Å². The fraction of sp³-hybridized carbons (Fsp3) is 0.714. The Kier molecular flexibility index (Phi) is 4.24. The Hall–Kier alpha value is -1.36. The highest BCUT2D eigenvalue weighted by Crippen LogP contribution is 2.23. The Morgan fingerprint density at radius 3 is 2.95 bits per heavy atom. The number of rotatable bonds is 3. The van der Waals surface area contributed by atoms with Gasteiger partial charge >= 0.3 is 0 Å². The maximum absolute atomic E-state index is 12.7. The minimum absolute atomic E-state index is 0.0739. The summed E-state index contributed by atoms with van der Waals surface area (Å²) in [6.45, 7) is 8.20. The molecule has 19 heavy (non-hydrogen) atoms. The van der Waals surface area contributed by atoms with Crippen molar-refractivity contribution >= 4 is 5.91 Å². The van der Waals surface area contributed by atoms with Gasteiger partial charge in [0.25, 0.3) is 5.91 Å². The van der Waals surface area contributed by atoms with Crippen LogP contribution in [0, 0.1) is 12.8 Å². The minimum Gasteiger partial charge on any atom is -0.333 e. The number of nitrogens with zero attached hydrogens (tertiary/aromatic N) is 3. The van der Waals surface area contributed by atoms with E-state index in [2.05, 4.69) is 12.0 Å². The summed E-state index contributed by atoms with van der Waals surface area (Å²) in [4.78, 5) is 14.6. The van der Waals surface area contributed by atoms with Gasteiger partial charge in [0.15, 0.2) is 0 Å². The highest BCUT2D eigenvalue weighted by Gasteiger charge is 2.31. The lowest BCUT2D eigenvalue weighted by atomic mass is 9.92. The number of piperidine rings is 1. The number of nitrogens with two attached hydrogens (primary N) is 1. The van der Waals surface area contributed by atoms with E-state index in [1.54, 1.807) is 4.68 Å². The Labute approximate surface area is 114 Å². The van der Waals surface area contributed by atoms with Crippen molar-refractivity contribution < 1.29 is 4.79 Å². The normalized spacial score (nSPS) is 23.7. The SMILES string of the molecule is CCn1nc(C)cc1C(=O)N1CCC(C)CC1CN. The molecule has 1 saturated heterocycles. The Morgan fingerprint density at radius 1 is 1.58 bits per heavy atom. The smallest absolute Gasteiger partial charge is 0.272 e. The van der Waals surface area contributed by atoms with Crippen molar-refractivity contribution in [2.75, 3.05) is 13.1 Å². The molecule has 0 aromatic carbocycles. The van der Waals surface area contributed by atoms with E-state index in [-0.39, 0.29) is 11.9 Å². The largest absolute Gasteiger partial charge is 0.333 e. The predicted molar refractivity (Wildman–Crippen MR) is 74.9 cm³/mol. The Morgan fingerprint density at radius 2 is 2.32 bits per heavy atom. The van der Waals surface area contributed by atoms with Crippen LogP contribution in [0.1, 0.15) is 42.9 Å². The molecule has 2 atom stereocenters. The van der Waals surface area contributed by atoms with Crippen molar-refractivity contribution in [2.45, 2.75) is 46.2 Å². The third kappa shape index (κ3) is 2.81. The van der Waals surface area contributed by atoms with Gasteiger partial charge in [0.1, 0.15) is 5.69 Å². The Bertz CT molecular complexity index is 454. The van der Waals surface area contributed by atoms with Gasteiger partial charge in [-0.05, 0) is 38.7 Å². The molecule has 2 heterocycles. The van der Waals surface area contributed by atoms with E-state index in [0.717, 1.165) is 25.1 Å². The molecular formula is C14H24N4O. The summed E-state index contributed by atoms with van der Waals surface area (Å²) in [7, 11) is 0. The lowest BCUT2D eigenvalue weighted by molar-refractivity contribution is 0.0561. The molecule has 0 saturated carbocycles. The monoisotopic (exact) mass is 264 g/mol. The molecule has 1 fully saturated rings. The van der Waals surface area contributed by atoms with Crippen LogP contribution in [0.4, 0.5) is 0 Å². The van der Waals surface area contributed by atoms with Crippen LogP contribution in [-0.2, 0) is 6.54 Å². The van der Waals surface area contributed by atoms with Crippen LogP contribution in [0.3, 0.4) is 0 Å². The second-order valence-corrected chi connectivity index (χ2v) is 5.50. The first-order chi connectivity index (χ1) is 9.06. The van der Waals surface area contributed by atoms with E-state index < -0.39 is 0 Å². The van der Waals surface area contributed by atoms with Gasteiger partial charge in [-0.2, -0.15) is 5.10 Å². The zero-order chi connectivity index (χ0) is 14.0. The van der Waals surface area contributed by atoms with Crippen LogP contribution < -0.4 is 5.73 Å².